The van der Waals surface area contributed by atoms with E-state index in [9.17, 15) is 19.7 Å². The Morgan fingerprint density at radius 1 is 1.30 bits per heavy atom. The maximum atomic E-state index is 12.6. The van der Waals surface area contributed by atoms with E-state index in [2.05, 4.69) is 0 Å². The van der Waals surface area contributed by atoms with Crippen LogP contribution in [0.25, 0.3) is 0 Å². The van der Waals surface area contributed by atoms with E-state index in [4.69, 9.17) is 17.0 Å². The Bertz CT molecular complexity index is 769. The van der Waals surface area contributed by atoms with Gasteiger partial charge in [-0.1, -0.05) is 32.4 Å². The highest BCUT2D eigenvalue weighted by molar-refractivity contribution is 6.35. The monoisotopic (exact) mass is 336 g/mol. The lowest BCUT2D eigenvalue weighted by Gasteiger charge is -2.17. The number of allylic oxidation sites excluding steroid dienone is 1. The standard InChI is InChI=1S/C16H17ClN2O4/c1-8-6-10(13(19(22)23)9(2)12(8)17)14(20)11(7-18)15(21)16(3,4)5/h6,18H,1-5H3. The van der Waals surface area contributed by atoms with Gasteiger partial charge >= 0.3 is 0 Å². The second-order valence-corrected chi connectivity index (χ2v) is 6.57. The highest BCUT2D eigenvalue weighted by Gasteiger charge is 2.34. The maximum Gasteiger partial charge on any atom is 0.284 e. The molecule has 0 aliphatic rings. The third-order valence-corrected chi connectivity index (χ3v) is 3.92. The minimum Gasteiger partial charge on any atom is -0.293 e. The lowest BCUT2D eigenvalue weighted by Crippen LogP contribution is -2.27. The van der Waals surface area contributed by atoms with Crippen LogP contribution < -0.4 is 0 Å². The van der Waals surface area contributed by atoms with E-state index in [1.807, 2.05) is 5.87 Å². The van der Waals surface area contributed by atoms with Gasteiger partial charge in [0.05, 0.1) is 9.95 Å². The van der Waals surface area contributed by atoms with Crippen LogP contribution >= 0.6 is 11.6 Å². The van der Waals surface area contributed by atoms with Gasteiger partial charge in [-0.15, -0.1) is 0 Å². The number of hydrogen-bond donors (Lipinski definition) is 1. The molecule has 122 valence electrons. The Kier molecular flexibility index (Phi) is 5.25. The Morgan fingerprint density at radius 3 is 2.22 bits per heavy atom. The molecule has 0 amide bonds. The van der Waals surface area contributed by atoms with Crippen molar-refractivity contribution in [3.63, 3.8) is 0 Å². The summed E-state index contributed by atoms with van der Waals surface area (Å²) in [5.41, 5.74) is -1.52. The first-order chi connectivity index (χ1) is 10.4. The van der Waals surface area contributed by atoms with Crippen molar-refractivity contribution in [2.24, 2.45) is 5.41 Å². The van der Waals surface area contributed by atoms with Gasteiger partial charge in [0.15, 0.2) is 5.78 Å². The van der Waals surface area contributed by atoms with E-state index < -0.39 is 33.2 Å². The summed E-state index contributed by atoms with van der Waals surface area (Å²) < 4.78 is 0. The summed E-state index contributed by atoms with van der Waals surface area (Å²) in [5.74, 6) is 0.344. The van der Waals surface area contributed by atoms with Crippen molar-refractivity contribution in [1.82, 2.24) is 0 Å². The third kappa shape index (κ3) is 3.55. The van der Waals surface area contributed by atoms with Crippen LogP contribution in [0.2, 0.25) is 5.02 Å². The summed E-state index contributed by atoms with van der Waals surface area (Å²) in [6, 6.07) is 1.27. The molecule has 0 aliphatic heterocycles. The summed E-state index contributed by atoms with van der Waals surface area (Å²) in [6.45, 7) is 7.81. The molecule has 0 aliphatic carbocycles. The summed E-state index contributed by atoms with van der Waals surface area (Å²) >= 11 is 6.01. The molecule has 0 saturated carbocycles. The molecule has 1 N–H and O–H groups in total. The molecule has 0 spiro atoms. The third-order valence-electron chi connectivity index (χ3n) is 3.33. The van der Waals surface area contributed by atoms with Gasteiger partial charge in [-0.25, -0.2) is 0 Å². The van der Waals surface area contributed by atoms with Crippen molar-refractivity contribution in [3.05, 3.63) is 43.5 Å². The van der Waals surface area contributed by atoms with Crippen LogP contribution in [0.4, 0.5) is 5.69 Å². The topological polar surface area (TPSA) is 101 Å². The Balaban J connectivity index is 3.65. The van der Waals surface area contributed by atoms with E-state index in [-0.39, 0.29) is 16.1 Å². The first-order valence-electron chi connectivity index (χ1n) is 6.76. The van der Waals surface area contributed by atoms with Crippen molar-refractivity contribution in [2.45, 2.75) is 34.6 Å². The highest BCUT2D eigenvalue weighted by Crippen LogP contribution is 2.34. The predicted molar refractivity (Wildman–Crippen MR) is 87.6 cm³/mol. The quantitative estimate of drug-likeness (QED) is 0.172. The zero-order chi connectivity index (χ0) is 18.1. The van der Waals surface area contributed by atoms with Crippen LogP contribution in [-0.2, 0) is 4.79 Å². The summed E-state index contributed by atoms with van der Waals surface area (Å²) in [6.07, 6.45) is 0. The SMILES string of the molecule is Cc1cc(C(=O)C(=C=N)C(=O)C(C)(C)C)c([N+](=O)[O-])c(C)c1Cl. The molecule has 0 radical (unpaired) electrons. The van der Waals surface area contributed by atoms with Crippen LogP contribution in [-0.4, -0.2) is 22.4 Å². The van der Waals surface area contributed by atoms with Gasteiger partial charge < -0.3 is 0 Å². The number of nitro benzene ring substituents is 1. The summed E-state index contributed by atoms with van der Waals surface area (Å²) in [7, 11) is 0. The van der Waals surface area contributed by atoms with Gasteiger partial charge in [0, 0.05) is 11.0 Å². The second kappa shape index (κ2) is 6.44. The Hall–Kier alpha value is -2.30. The minimum absolute atomic E-state index is 0.146. The molecular weight excluding hydrogens is 320 g/mol. The van der Waals surface area contributed by atoms with E-state index >= 15 is 0 Å². The van der Waals surface area contributed by atoms with Crippen LogP contribution in [0.5, 0.6) is 0 Å². The molecule has 23 heavy (non-hydrogen) atoms. The molecule has 6 nitrogen and oxygen atoms in total. The lowest BCUT2D eigenvalue weighted by molar-refractivity contribution is -0.385. The summed E-state index contributed by atoms with van der Waals surface area (Å²) in [5, 5.41) is 18.8. The molecule has 0 saturated heterocycles. The number of nitrogens with one attached hydrogen (secondary N) is 1. The molecule has 1 aromatic rings. The van der Waals surface area contributed by atoms with Crippen LogP contribution in [0.3, 0.4) is 0 Å². The Morgan fingerprint density at radius 2 is 1.83 bits per heavy atom. The van der Waals surface area contributed by atoms with Crippen molar-refractivity contribution >= 4 is 34.7 Å². The number of carbonyl (C=O) groups is 2. The van der Waals surface area contributed by atoms with Gasteiger partial charge in [0.2, 0.25) is 5.78 Å². The number of hydrogen-bond acceptors (Lipinski definition) is 5. The van der Waals surface area contributed by atoms with Crippen molar-refractivity contribution in [3.8, 4) is 0 Å². The highest BCUT2D eigenvalue weighted by atomic mass is 35.5. The van der Waals surface area contributed by atoms with E-state index in [0.29, 0.717) is 5.56 Å². The van der Waals surface area contributed by atoms with Gasteiger partial charge in [-0.2, -0.15) is 0 Å². The zero-order valence-corrected chi connectivity index (χ0v) is 14.3. The van der Waals surface area contributed by atoms with Crippen LogP contribution in [0, 0.1) is 34.8 Å². The number of Topliss-reactive ketones (excluding diaryl/α,β-unsaturated/α-hetero) is 2. The average molecular weight is 337 g/mol. The van der Waals surface area contributed by atoms with Gasteiger partial charge in [-0.3, -0.25) is 25.1 Å². The number of ketones is 2. The predicted octanol–water partition coefficient (Wildman–Crippen LogP) is 3.84. The fourth-order valence-electron chi connectivity index (χ4n) is 2.08. The molecule has 0 aromatic heterocycles. The second-order valence-electron chi connectivity index (χ2n) is 6.19. The number of rotatable bonds is 4. The number of aryl methyl sites for hydroxylation is 1. The van der Waals surface area contributed by atoms with Gasteiger partial charge in [0.1, 0.15) is 11.1 Å². The largest absolute Gasteiger partial charge is 0.293 e. The smallest absolute Gasteiger partial charge is 0.284 e. The maximum absolute atomic E-state index is 12.6. The van der Waals surface area contributed by atoms with E-state index in [0.717, 1.165) is 0 Å². The number of benzene rings is 1. The number of carbonyl (C=O) groups excluding carboxylic acids is 2. The van der Waals surface area contributed by atoms with E-state index in [1.165, 1.54) is 13.0 Å². The van der Waals surface area contributed by atoms with Crippen molar-refractivity contribution in [2.75, 3.05) is 0 Å². The van der Waals surface area contributed by atoms with Crippen LogP contribution in [0.15, 0.2) is 11.6 Å². The van der Waals surface area contributed by atoms with Crippen molar-refractivity contribution in [1.29, 1.82) is 5.41 Å². The molecule has 7 heteroatoms. The summed E-state index contributed by atoms with van der Waals surface area (Å²) in [4.78, 5) is 35.5. The van der Waals surface area contributed by atoms with Crippen molar-refractivity contribution < 1.29 is 14.5 Å². The molecule has 1 rings (SSSR count). The molecule has 0 fully saturated rings. The van der Waals surface area contributed by atoms with Gasteiger partial charge in [0.25, 0.3) is 5.69 Å². The van der Waals surface area contributed by atoms with E-state index in [1.54, 1.807) is 27.7 Å². The van der Waals surface area contributed by atoms with Gasteiger partial charge in [-0.05, 0) is 31.3 Å². The normalized spacial score (nSPS) is 10.9. The molecular formula is C16H17ClN2O4. The minimum atomic E-state index is -0.912. The first kappa shape index (κ1) is 18.7. The molecule has 0 atom stereocenters. The molecule has 0 unspecified atom stereocenters. The molecule has 0 heterocycles. The zero-order valence-electron chi connectivity index (χ0n) is 13.5. The number of halogens is 1. The molecule has 1 aromatic carbocycles. The molecule has 0 bridgehead atoms. The van der Waals surface area contributed by atoms with Crippen LogP contribution in [0.1, 0.15) is 42.3 Å². The number of nitro groups is 1. The average Bonchev–Trinajstić information content (AvgIpc) is 2.43. The fraction of sp³-hybridized carbons (Fsp3) is 0.375. The Labute approximate surface area is 138 Å². The lowest BCUT2D eigenvalue weighted by atomic mass is 9.83. The first-order valence-corrected chi connectivity index (χ1v) is 7.14. The fourth-order valence-corrected chi connectivity index (χ4v) is 2.23. The number of nitrogens with zero attached hydrogens (tertiary/aromatic N) is 1.